The van der Waals surface area contributed by atoms with Gasteiger partial charge in [-0.25, -0.2) is 0 Å². The average molecular weight is 301 g/mol. The lowest BCUT2D eigenvalue weighted by Crippen LogP contribution is -2.39. The largest absolute Gasteiger partial charge is 0.497 e. The van der Waals surface area contributed by atoms with E-state index in [1.54, 1.807) is 13.4 Å². The molecular weight excluding hydrogens is 278 g/mol. The van der Waals surface area contributed by atoms with Crippen LogP contribution in [0, 0.1) is 0 Å². The number of fused-ring (bicyclic) bond motifs is 1. The van der Waals surface area contributed by atoms with Crippen LogP contribution in [0.3, 0.4) is 0 Å². The van der Waals surface area contributed by atoms with Crippen LogP contribution >= 0.6 is 0 Å². The number of ether oxygens (including phenoxy) is 1. The molecule has 0 radical (unpaired) electrons. The molecule has 2 aromatic rings. The molecule has 1 heterocycles. The molecule has 1 aliphatic carbocycles. The van der Waals surface area contributed by atoms with Gasteiger partial charge in [-0.1, -0.05) is 12.8 Å². The number of likely N-dealkylation sites (N-methyl/N-ethyl adjacent to an activating group) is 1. The zero-order valence-electron chi connectivity index (χ0n) is 13.3. The molecule has 1 saturated carbocycles. The molecule has 118 valence electrons. The second kappa shape index (κ2) is 6.42. The van der Waals surface area contributed by atoms with Crippen LogP contribution in [-0.4, -0.2) is 30.5 Å². The number of carbonyl (C=O) groups is 1. The maximum atomic E-state index is 12.7. The van der Waals surface area contributed by atoms with E-state index >= 15 is 0 Å². The number of nitrogens with zero attached hydrogens (tertiary/aromatic N) is 1. The van der Waals surface area contributed by atoms with Crippen molar-refractivity contribution >= 4 is 16.9 Å². The molecule has 1 amide bonds. The topological polar surface area (TPSA) is 42.7 Å². The van der Waals surface area contributed by atoms with Crippen molar-refractivity contribution in [2.75, 3.05) is 13.7 Å². The molecule has 0 bridgehead atoms. The molecule has 0 unspecified atom stereocenters. The first kappa shape index (κ1) is 14.9. The zero-order valence-corrected chi connectivity index (χ0v) is 13.3. The second-order valence-electron chi connectivity index (χ2n) is 5.92. The number of amides is 1. The van der Waals surface area contributed by atoms with Gasteiger partial charge in [0.15, 0.2) is 0 Å². The Morgan fingerprint density at radius 2 is 2.14 bits per heavy atom. The van der Waals surface area contributed by atoms with Gasteiger partial charge in [-0.15, -0.1) is 0 Å². The Morgan fingerprint density at radius 1 is 1.36 bits per heavy atom. The third-order valence-electron chi connectivity index (χ3n) is 4.63. The van der Waals surface area contributed by atoms with Gasteiger partial charge in [-0.05, 0) is 31.9 Å². The number of methoxy groups -OCH3 is 1. The Kier molecular flexibility index (Phi) is 4.36. The van der Waals surface area contributed by atoms with Gasteiger partial charge in [-0.3, -0.25) is 4.79 Å². The summed E-state index contributed by atoms with van der Waals surface area (Å²) in [5, 5.41) is 0.997. The van der Waals surface area contributed by atoms with Gasteiger partial charge in [0.25, 0.3) is 0 Å². The van der Waals surface area contributed by atoms with E-state index in [2.05, 4.69) is 6.92 Å². The number of benzene rings is 1. The van der Waals surface area contributed by atoms with Crippen LogP contribution in [0.1, 0.15) is 38.2 Å². The van der Waals surface area contributed by atoms with E-state index < -0.39 is 0 Å². The SMILES string of the molecule is CCN(C(=O)Cc1coc2cc(OC)ccc12)C1CCCC1. The fourth-order valence-corrected chi connectivity index (χ4v) is 3.45. The molecule has 3 rings (SSSR count). The lowest BCUT2D eigenvalue weighted by molar-refractivity contribution is -0.132. The highest BCUT2D eigenvalue weighted by atomic mass is 16.5. The standard InChI is InChI=1S/C18H23NO3/c1-3-19(14-6-4-5-7-14)18(20)10-13-12-22-17-11-15(21-2)8-9-16(13)17/h8-9,11-12,14H,3-7,10H2,1-2H3. The van der Waals surface area contributed by atoms with Crippen molar-refractivity contribution in [1.82, 2.24) is 4.90 Å². The summed E-state index contributed by atoms with van der Waals surface area (Å²) in [6.45, 7) is 2.85. The first-order valence-corrected chi connectivity index (χ1v) is 8.06. The maximum absolute atomic E-state index is 12.7. The Balaban J connectivity index is 1.78. The van der Waals surface area contributed by atoms with E-state index in [1.807, 2.05) is 23.1 Å². The van der Waals surface area contributed by atoms with Gasteiger partial charge >= 0.3 is 0 Å². The molecular formula is C18H23NO3. The van der Waals surface area contributed by atoms with Gasteiger partial charge in [0, 0.05) is 29.6 Å². The minimum absolute atomic E-state index is 0.202. The molecule has 4 heteroatoms. The summed E-state index contributed by atoms with van der Waals surface area (Å²) in [6.07, 6.45) is 6.87. The fourth-order valence-electron chi connectivity index (χ4n) is 3.45. The Bertz CT molecular complexity index is 655. The molecule has 1 fully saturated rings. The quantitative estimate of drug-likeness (QED) is 0.844. The van der Waals surface area contributed by atoms with Crippen molar-refractivity contribution in [3.63, 3.8) is 0 Å². The molecule has 1 aliphatic rings. The normalized spacial score (nSPS) is 15.4. The number of rotatable bonds is 5. The first-order chi connectivity index (χ1) is 10.7. The summed E-state index contributed by atoms with van der Waals surface area (Å²) >= 11 is 0. The summed E-state index contributed by atoms with van der Waals surface area (Å²) in [5.74, 6) is 0.966. The summed E-state index contributed by atoms with van der Waals surface area (Å²) in [5.41, 5.74) is 1.73. The third-order valence-corrected chi connectivity index (χ3v) is 4.63. The molecule has 4 nitrogen and oxygen atoms in total. The average Bonchev–Trinajstić information content (AvgIpc) is 3.18. The molecule has 1 aromatic carbocycles. The van der Waals surface area contributed by atoms with Gasteiger partial charge in [0.1, 0.15) is 11.3 Å². The van der Waals surface area contributed by atoms with Crippen LogP contribution in [0.5, 0.6) is 5.75 Å². The molecule has 0 N–H and O–H groups in total. The van der Waals surface area contributed by atoms with Gasteiger partial charge in [-0.2, -0.15) is 0 Å². The van der Waals surface area contributed by atoms with E-state index in [0.717, 1.165) is 41.7 Å². The van der Waals surface area contributed by atoms with Crippen molar-refractivity contribution in [3.05, 3.63) is 30.0 Å². The number of hydrogen-bond donors (Lipinski definition) is 0. The molecule has 1 aromatic heterocycles. The molecule has 22 heavy (non-hydrogen) atoms. The van der Waals surface area contributed by atoms with Crippen molar-refractivity contribution in [2.45, 2.75) is 45.1 Å². The van der Waals surface area contributed by atoms with Crippen molar-refractivity contribution in [3.8, 4) is 5.75 Å². The van der Waals surface area contributed by atoms with Gasteiger partial charge in [0.2, 0.25) is 5.91 Å². The Morgan fingerprint density at radius 3 is 2.82 bits per heavy atom. The van der Waals surface area contributed by atoms with Crippen LogP contribution in [0.25, 0.3) is 11.0 Å². The van der Waals surface area contributed by atoms with E-state index in [4.69, 9.17) is 9.15 Å². The lowest BCUT2D eigenvalue weighted by Gasteiger charge is -2.27. The fraction of sp³-hybridized carbons (Fsp3) is 0.500. The highest BCUT2D eigenvalue weighted by Crippen LogP contribution is 2.28. The predicted molar refractivity (Wildman–Crippen MR) is 86.1 cm³/mol. The predicted octanol–water partition coefficient (Wildman–Crippen LogP) is 3.78. The lowest BCUT2D eigenvalue weighted by atomic mass is 10.1. The minimum atomic E-state index is 0.202. The zero-order chi connectivity index (χ0) is 15.5. The third kappa shape index (κ3) is 2.82. The molecule has 0 aliphatic heterocycles. The number of furan rings is 1. The highest BCUT2D eigenvalue weighted by Gasteiger charge is 2.26. The van der Waals surface area contributed by atoms with Crippen LogP contribution < -0.4 is 4.74 Å². The minimum Gasteiger partial charge on any atom is -0.497 e. The molecule has 0 saturated heterocycles. The monoisotopic (exact) mass is 301 g/mol. The van der Waals surface area contributed by atoms with E-state index in [0.29, 0.717) is 12.5 Å². The van der Waals surface area contributed by atoms with Crippen LogP contribution in [-0.2, 0) is 11.2 Å². The van der Waals surface area contributed by atoms with Crippen molar-refractivity contribution in [1.29, 1.82) is 0 Å². The van der Waals surface area contributed by atoms with E-state index in [1.165, 1.54) is 12.8 Å². The van der Waals surface area contributed by atoms with Crippen LogP contribution in [0.15, 0.2) is 28.9 Å². The van der Waals surface area contributed by atoms with Gasteiger partial charge in [0.05, 0.1) is 19.8 Å². The van der Waals surface area contributed by atoms with E-state index in [9.17, 15) is 4.79 Å². The smallest absolute Gasteiger partial charge is 0.227 e. The molecule has 0 spiro atoms. The van der Waals surface area contributed by atoms with E-state index in [-0.39, 0.29) is 5.91 Å². The number of carbonyl (C=O) groups excluding carboxylic acids is 1. The summed E-state index contributed by atoms with van der Waals surface area (Å²) in [6, 6.07) is 6.15. The summed E-state index contributed by atoms with van der Waals surface area (Å²) in [4.78, 5) is 14.7. The Labute approximate surface area is 131 Å². The maximum Gasteiger partial charge on any atom is 0.227 e. The second-order valence-corrected chi connectivity index (χ2v) is 5.92. The Hall–Kier alpha value is -1.97. The van der Waals surface area contributed by atoms with Crippen molar-refractivity contribution < 1.29 is 13.9 Å². The first-order valence-electron chi connectivity index (χ1n) is 8.06. The summed E-state index contributed by atoms with van der Waals surface area (Å²) in [7, 11) is 1.63. The summed E-state index contributed by atoms with van der Waals surface area (Å²) < 4.78 is 10.8. The highest BCUT2D eigenvalue weighted by molar-refractivity contribution is 5.88. The van der Waals surface area contributed by atoms with Gasteiger partial charge < -0.3 is 14.1 Å². The number of hydrogen-bond acceptors (Lipinski definition) is 3. The van der Waals surface area contributed by atoms with Crippen molar-refractivity contribution in [2.24, 2.45) is 0 Å². The molecule has 0 atom stereocenters. The van der Waals surface area contributed by atoms with Crippen LogP contribution in [0.4, 0.5) is 0 Å². The van der Waals surface area contributed by atoms with Crippen LogP contribution in [0.2, 0.25) is 0 Å².